The van der Waals surface area contributed by atoms with Crippen LogP contribution < -0.4 is 4.74 Å². The number of nitrogens with zero attached hydrogens (tertiary/aromatic N) is 1. The fourth-order valence-electron chi connectivity index (χ4n) is 4.32. The average molecular weight is 454 g/mol. The molecule has 1 unspecified atom stereocenters. The van der Waals surface area contributed by atoms with E-state index in [9.17, 15) is 13.2 Å². The average Bonchev–Trinajstić information content (AvgIpc) is 3.17. The number of rotatable bonds is 3. The predicted octanol–water partition coefficient (Wildman–Crippen LogP) is 4.81. The molecule has 3 aromatic rings. The predicted molar refractivity (Wildman–Crippen MR) is 119 cm³/mol. The smallest absolute Gasteiger partial charge is 0.243 e. The van der Waals surface area contributed by atoms with E-state index in [-0.39, 0.29) is 23.6 Å². The Labute approximate surface area is 186 Å². The Bertz CT molecular complexity index is 1270. The summed E-state index contributed by atoms with van der Waals surface area (Å²) >= 11 is 6.06. The highest BCUT2D eigenvalue weighted by Crippen LogP contribution is 2.40. The van der Waals surface area contributed by atoms with Crippen molar-refractivity contribution < 1.29 is 17.9 Å². The number of hydrogen-bond acceptors (Lipinski definition) is 4. The van der Waals surface area contributed by atoms with Gasteiger partial charge in [-0.25, -0.2) is 8.42 Å². The number of ether oxygens (including phenoxy) is 1. The lowest BCUT2D eigenvalue weighted by Gasteiger charge is -2.34. The zero-order valence-corrected chi connectivity index (χ0v) is 18.2. The summed E-state index contributed by atoms with van der Waals surface area (Å²) < 4.78 is 34.1. The molecule has 0 amide bonds. The van der Waals surface area contributed by atoms with Crippen LogP contribution in [0.1, 0.15) is 23.2 Å². The summed E-state index contributed by atoms with van der Waals surface area (Å²) in [6, 6.07) is 21.3. The summed E-state index contributed by atoms with van der Waals surface area (Å²) in [7, 11) is -3.70. The number of Topliss-reactive ketones (excluding diaryl/α,β-unsaturated/α-hetero) is 1. The number of sulfonamides is 1. The lowest BCUT2D eigenvalue weighted by molar-refractivity contribution is 0.0498. The van der Waals surface area contributed by atoms with Gasteiger partial charge >= 0.3 is 0 Å². The summed E-state index contributed by atoms with van der Waals surface area (Å²) in [6.07, 6.45) is 0.663. The van der Waals surface area contributed by atoms with Gasteiger partial charge in [0.15, 0.2) is 5.78 Å². The summed E-state index contributed by atoms with van der Waals surface area (Å²) in [6.45, 7) is 0.472. The molecule has 2 aliphatic heterocycles. The maximum Gasteiger partial charge on any atom is 0.243 e. The molecular weight excluding hydrogens is 434 g/mol. The van der Waals surface area contributed by atoms with Crippen molar-refractivity contribution >= 4 is 27.4 Å². The first-order valence-electron chi connectivity index (χ1n) is 10.0. The topological polar surface area (TPSA) is 63.7 Å². The van der Waals surface area contributed by atoms with Crippen LogP contribution in [-0.2, 0) is 10.0 Å². The molecule has 1 saturated heterocycles. The molecule has 1 spiro atoms. The van der Waals surface area contributed by atoms with Gasteiger partial charge in [-0.2, -0.15) is 4.31 Å². The van der Waals surface area contributed by atoms with Crippen molar-refractivity contribution in [2.45, 2.75) is 23.3 Å². The van der Waals surface area contributed by atoms with Crippen LogP contribution in [0.2, 0.25) is 5.02 Å². The minimum atomic E-state index is -3.70. The van der Waals surface area contributed by atoms with E-state index in [1.165, 1.54) is 4.31 Å². The van der Waals surface area contributed by atoms with Crippen molar-refractivity contribution in [2.24, 2.45) is 0 Å². The van der Waals surface area contributed by atoms with E-state index in [1.54, 1.807) is 48.5 Å². The summed E-state index contributed by atoms with van der Waals surface area (Å²) in [5, 5.41) is 0.625. The van der Waals surface area contributed by atoms with Crippen molar-refractivity contribution in [2.75, 3.05) is 13.1 Å². The Balaban J connectivity index is 1.38. The second-order valence-electron chi connectivity index (χ2n) is 8.00. The van der Waals surface area contributed by atoms with Gasteiger partial charge in [-0.1, -0.05) is 48.0 Å². The number of carbonyl (C=O) groups excluding carboxylic acids is 1. The largest absolute Gasteiger partial charge is 0.485 e. The van der Waals surface area contributed by atoms with Gasteiger partial charge in [0.25, 0.3) is 0 Å². The number of halogens is 1. The third-order valence-corrected chi connectivity index (χ3v) is 8.02. The second-order valence-corrected chi connectivity index (χ2v) is 10.4. The molecule has 2 aliphatic rings. The molecule has 1 atom stereocenters. The van der Waals surface area contributed by atoms with E-state index in [4.69, 9.17) is 16.3 Å². The van der Waals surface area contributed by atoms with Crippen LogP contribution in [0.15, 0.2) is 77.7 Å². The zero-order valence-electron chi connectivity index (χ0n) is 16.6. The number of ketones is 1. The Kier molecular flexibility index (Phi) is 4.88. The molecule has 0 aromatic heterocycles. The SMILES string of the molecule is O=C1CC2(CCN(S(=O)(=O)c3ccc(-c4cccc(Cl)c4)cc3)C2)Oc2ccccc21. The quantitative estimate of drug-likeness (QED) is 0.571. The van der Waals surface area contributed by atoms with E-state index >= 15 is 0 Å². The first-order chi connectivity index (χ1) is 14.9. The molecule has 1 fully saturated rings. The highest BCUT2D eigenvalue weighted by molar-refractivity contribution is 7.89. The standard InChI is InChI=1S/C24H20ClNO4S/c25-19-5-3-4-18(14-19)17-8-10-20(11-9-17)31(28,29)26-13-12-24(16-26)15-22(27)21-6-1-2-7-23(21)30-24/h1-11,14H,12-13,15-16H2. The molecule has 2 heterocycles. The summed E-state index contributed by atoms with van der Waals surface area (Å²) in [5.74, 6) is 0.524. The Hall–Kier alpha value is -2.67. The molecule has 0 N–H and O–H groups in total. The minimum absolute atomic E-state index is 0.00743. The maximum absolute atomic E-state index is 13.3. The normalized spacial score (nSPS) is 21.1. The first-order valence-corrected chi connectivity index (χ1v) is 11.9. The van der Waals surface area contributed by atoms with Crippen molar-refractivity contribution in [3.63, 3.8) is 0 Å². The van der Waals surface area contributed by atoms with Crippen molar-refractivity contribution in [3.8, 4) is 16.9 Å². The number of fused-ring (bicyclic) bond motifs is 1. The Morgan fingerprint density at radius 3 is 2.48 bits per heavy atom. The minimum Gasteiger partial charge on any atom is -0.485 e. The van der Waals surface area contributed by atoms with Crippen LogP contribution in [0.4, 0.5) is 0 Å². The third kappa shape index (κ3) is 3.65. The number of hydrogen-bond donors (Lipinski definition) is 0. The van der Waals surface area contributed by atoms with Gasteiger partial charge in [0.05, 0.1) is 23.4 Å². The van der Waals surface area contributed by atoms with Gasteiger partial charge in [-0.05, 0) is 47.5 Å². The lowest BCUT2D eigenvalue weighted by Crippen LogP contribution is -2.45. The molecule has 31 heavy (non-hydrogen) atoms. The third-order valence-electron chi connectivity index (χ3n) is 5.93. The summed E-state index contributed by atoms with van der Waals surface area (Å²) in [5.41, 5.74) is 1.56. The lowest BCUT2D eigenvalue weighted by atomic mass is 9.89. The van der Waals surface area contributed by atoms with E-state index < -0.39 is 15.6 Å². The molecule has 7 heteroatoms. The molecule has 5 nitrogen and oxygen atoms in total. The molecule has 0 aliphatic carbocycles. The molecule has 0 saturated carbocycles. The molecule has 0 bridgehead atoms. The summed E-state index contributed by atoms with van der Waals surface area (Å²) in [4.78, 5) is 12.8. The number of carbonyl (C=O) groups is 1. The Morgan fingerprint density at radius 1 is 0.935 bits per heavy atom. The molecular formula is C24H20ClNO4S. The van der Waals surface area contributed by atoms with Crippen LogP contribution in [0.3, 0.4) is 0 Å². The number of benzene rings is 3. The molecule has 3 aromatic carbocycles. The van der Waals surface area contributed by atoms with Crippen molar-refractivity contribution in [1.82, 2.24) is 4.31 Å². The fraction of sp³-hybridized carbons (Fsp3) is 0.208. The highest BCUT2D eigenvalue weighted by Gasteiger charge is 2.48. The zero-order chi connectivity index (χ0) is 21.6. The van der Waals surface area contributed by atoms with Crippen LogP contribution >= 0.6 is 11.6 Å². The van der Waals surface area contributed by atoms with E-state index in [0.29, 0.717) is 29.3 Å². The van der Waals surface area contributed by atoms with E-state index in [1.807, 2.05) is 24.3 Å². The van der Waals surface area contributed by atoms with Crippen LogP contribution in [0.25, 0.3) is 11.1 Å². The molecule has 158 valence electrons. The van der Waals surface area contributed by atoms with E-state index in [2.05, 4.69) is 0 Å². The van der Waals surface area contributed by atoms with Crippen molar-refractivity contribution in [1.29, 1.82) is 0 Å². The fourth-order valence-corrected chi connectivity index (χ4v) is 6.03. The second kappa shape index (κ2) is 7.48. The maximum atomic E-state index is 13.3. The van der Waals surface area contributed by atoms with Crippen LogP contribution in [0, 0.1) is 0 Å². The van der Waals surface area contributed by atoms with Gasteiger partial charge < -0.3 is 4.74 Å². The van der Waals surface area contributed by atoms with Gasteiger partial charge in [0.2, 0.25) is 10.0 Å². The van der Waals surface area contributed by atoms with E-state index in [0.717, 1.165) is 11.1 Å². The van der Waals surface area contributed by atoms with Gasteiger partial charge in [0, 0.05) is 18.0 Å². The van der Waals surface area contributed by atoms with Gasteiger partial charge in [-0.3, -0.25) is 4.79 Å². The van der Waals surface area contributed by atoms with Crippen LogP contribution in [-0.4, -0.2) is 37.2 Å². The number of para-hydroxylation sites is 1. The van der Waals surface area contributed by atoms with Gasteiger partial charge in [0.1, 0.15) is 11.4 Å². The van der Waals surface area contributed by atoms with Crippen molar-refractivity contribution in [3.05, 3.63) is 83.4 Å². The first kappa shape index (κ1) is 20.2. The monoisotopic (exact) mass is 453 g/mol. The Morgan fingerprint density at radius 2 is 1.71 bits per heavy atom. The van der Waals surface area contributed by atoms with Crippen LogP contribution in [0.5, 0.6) is 5.75 Å². The highest BCUT2D eigenvalue weighted by atomic mass is 35.5. The van der Waals surface area contributed by atoms with Gasteiger partial charge in [-0.15, -0.1) is 0 Å². The molecule has 0 radical (unpaired) electrons. The molecule has 5 rings (SSSR count).